The Labute approximate surface area is 401 Å². The van der Waals surface area contributed by atoms with E-state index in [-0.39, 0.29) is 0 Å². The Morgan fingerprint density at radius 2 is 0.829 bits per heavy atom. The van der Waals surface area contributed by atoms with Crippen LogP contribution in [0.1, 0.15) is 5.56 Å². The quantitative estimate of drug-likeness (QED) is 0.0964. The van der Waals surface area contributed by atoms with Gasteiger partial charge >= 0.3 is 0 Å². The van der Waals surface area contributed by atoms with Gasteiger partial charge in [-0.25, -0.2) is 4.85 Å². The van der Waals surface area contributed by atoms with Crippen molar-refractivity contribution in [3.63, 3.8) is 0 Å². The number of aromatic nitrogens is 2. The van der Waals surface area contributed by atoms with E-state index in [4.69, 9.17) is 6.57 Å². The van der Waals surface area contributed by atoms with Crippen molar-refractivity contribution in [2.75, 3.05) is 0 Å². The number of para-hydroxylation sites is 2. The van der Waals surface area contributed by atoms with Crippen LogP contribution in [0.5, 0.6) is 0 Å². The standard InChI is InChI=1S/C66H36N4/c1-68-56-31-33-58-66-55(56)28-25-39-34-42(36-59(63(39)66)70(58)45-16-6-3-7-17-45)46-29-30-54(49-19-9-8-18-48(46)49)64-52-22-12-10-20-50(52)61(51-21-11-13-23-53(51)64)43-35-40-24-27-47-41(38-67)26-32-57-65(47)62(40)60(37-43)69(57)44-14-4-2-5-15-44/h2-37H. The zero-order chi connectivity index (χ0) is 46.2. The monoisotopic (exact) mass is 884 g/mol. The second kappa shape index (κ2) is 14.4. The van der Waals surface area contributed by atoms with Crippen molar-refractivity contribution in [1.82, 2.24) is 9.13 Å². The Bertz CT molecular complexity index is 4710. The van der Waals surface area contributed by atoms with E-state index in [1.54, 1.807) is 0 Å². The first-order valence-corrected chi connectivity index (χ1v) is 23.7. The van der Waals surface area contributed by atoms with E-state index in [9.17, 15) is 5.26 Å². The third kappa shape index (κ3) is 5.17. The van der Waals surface area contributed by atoms with Crippen LogP contribution in [0.2, 0.25) is 0 Å². The lowest BCUT2D eigenvalue weighted by molar-refractivity contribution is 1.18. The highest BCUT2D eigenvalue weighted by Crippen LogP contribution is 2.50. The summed E-state index contributed by atoms with van der Waals surface area (Å²) in [6.45, 7) is 7.98. The Morgan fingerprint density at radius 1 is 0.357 bits per heavy atom. The van der Waals surface area contributed by atoms with Crippen molar-refractivity contribution >= 4 is 103 Å². The molecule has 0 aliphatic rings. The molecular weight excluding hydrogens is 849 g/mol. The average Bonchev–Trinajstić information content (AvgIpc) is 3.95. The second-order valence-electron chi connectivity index (χ2n) is 18.5. The molecule has 0 aliphatic carbocycles. The van der Waals surface area contributed by atoms with Gasteiger partial charge in [0.2, 0.25) is 0 Å². The van der Waals surface area contributed by atoms with Crippen molar-refractivity contribution in [2.24, 2.45) is 0 Å². The molecule has 15 rings (SSSR count). The fourth-order valence-corrected chi connectivity index (χ4v) is 12.2. The molecule has 2 heterocycles. The van der Waals surface area contributed by atoms with E-state index in [1.807, 2.05) is 12.1 Å². The van der Waals surface area contributed by atoms with Crippen molar-refractivity contribution in [2.45, 2.75) is 0 Å². The summed E-state index contributed by atoms with van der Waals surface area (Å²) in [5.41, 5.74) is 15.1. The van der Waals surface area contributed by atoms with E-state index >= 15 is 0 Å². The molecule has 13 aromatic carbocycles. The van der Waals surface area contributed by atoms with Gasteiger partial charge in [0, 0.05) is 38.3 Å². The van der Waals surface area contributed by atoms with Gasteiger partial charge in [0.15, 0.2) is 5.69 Å². The van der Waals surface area contributed by atoms with Gasteiger partial charge in [-0.05, 0) is 149 Å². The Morgan fingerprint density at radius 3 is 1.41 bits per heavy atom. The molecule has 0 atom stereocenters. The number of hydrogen-bond donors (Lipinski definition) is 0. The number of nitriles is 1. The van der Waals surface area contributed by atoms with Gasteiger partial charge in [0.1, 0.15) is 0 Å². The highest BCUT2D eigenvalue weighted by Gasteiger charge is 2.25. The maximum Gasteiger partial charge on any atom is 0.195 e. The van der Waals surface area contributed by atoms with Crippen LogP contribution in [-0.4, -0.2) is 9.13 Å². The van der Waals surface area contributed by atoms with Crippen molar-refractivity contribution in [3.8, 4) is 50.8 Å². The van der Waals surface area contributed by atoms with Gasteiger partial charge in [-0.2, -0.15) is 5.26 Å². The Hall–Kier alpha value is -9.74. The molecule has 0 unspecified atom stereocenters. The first-order valence-electron chi connectivity index (χ1n) is 23.7. The molecule has 0 bridgehead atoms. The molecule has 0 N–H and O–H groups in total. The maximum atomic E-state index is 10.2. The van der Waals surface area contributed by atoms with Crippen LogP contribution in [0.25, 0.3) is 147 Å². The Balaban J connectivity index is 0.977. The lowest BCUT2D eigenvalue weighted by atomic mass is 9.83. The number of rotatable bonds is 5. The van der Waals surface area contributed by atoms with Crippen LogP contribution in [0.15, 0.2) is 218 Å². The molecule has 70 heavy (non-hydrogen) atoms. The summed E-state index contributed by atoms with van der Waals surface area (Å²) in [6.07, 6.45) is 0. The van der Waals surface area contributed by atoms with Gasteiger partial charge in [0.05, 0.1) is 40.3 Å². The lowest BCUT2D eigenvalue weighted by Gasteiger charge is -2.20. The summed E-state index contributed by atoms with van der Waals surface area (Å²) in [6, 6.07) is 81.2. The van der Waals surface area contributed by atoms with E-state index in [1.165, 1.54) is 65.3 Å². The summed E-state index contributed by atoms with van der Waals surface area (Å²) in [5.74, 6) is 0. The molecule has 0 spiro atoms. The number of hydrogen-bond acceptors (Lipinski definition) is 1. The highest BCUT2D eigenvalue weighted by atomic mass is 15.0. The molecule has 0 saturated heterocycles. The minimum atomic E-state index is 0.675. The fourth-order valence-electron chi connectivity index (χ4n) is 12.2. The zero-order valence-electron chi connectivity index (χ0n) is 37.6. The minimum Gasteiger partial charge on any atom is -0.309 e. The van der Waals surface area contributed by atoms with Crippen LogP contribution in [0.4, 0.5) is 5.69 Å². The smallest absolute Gasteiger partial charge is 0.195 e. The molecule has 4 heteroatoms. The van der Waals surface area contributed by atoms with E-state index in [0.29, 0.717) is 11.3 Å². The van der Waals surface area contributed by atoms with E-state index in [2.05, 4.69) is 226 Å². The molecule has 320 valence electrons. The molecule has 0 radical (unpaired) electrons. The number of fused-ring (bicyclic) bond motifs is 3. The summed E-state index contributed by atoms with van der Waals surface area (Å²) in [5, 5.41) is 26.2. The van der Waals surface area contributed by atoms with Crippen molar-refractivity contribution < 1.29 is 0 Å². The predicted molar refractivity (Wildman–Crippen MR) is 292 cm³/mol. The number of nitrogens with zero attached hydrogens (tertiary/aromatic N) is 4. The van der Waals surface area contributed by atoms with Crippen LogP contribution < -0.4 is 0 Å². The molecule has 4 nitrogen and oxygen atoms in total. The first kappa shape index (κ1) is 38.4. The van der Waals surface area contributed by atoms with E-state index < -0.39 is 0 Å². The minimum absolute atomic E-state index is 0.675. The first-order chi connectivity index (χ1) is 34.7. The maximum absolute atomic E-state index is 10.2. The average molecular weight is 885 g/mol. The molecule has 15 aromatic rings. The predicted octanol–water partition coefficient (Wildman–Crippen LogP) is 17.9. The van der Waals surface area contributed by atoms with Gasteiger partial charge in [-0.3, -0.25) is 0 Å². The van der Waals surface area contributed by atoms with E-state index in [0.717, 1.165) is 76.9 Å². The normalized spacial score (nSPS) is 12.0. The van der Waals surface area contributed by atoms with Crippen LogP contribution in [0, 0.1) is 17.9 Å². The summed E-state index contributed by atoms with van der Waals surface area (Å²) in [7, 11) is 0. The van der Waals surface area contributed by atoms with Crippen LogP contribution >= 0.6 is 0 Å². The fraction of sp³-hybridized carbons (Fsp3) is 0. The third-order valence-electron chi connectivity index (χ3n) is 15.0. The SMILES string of the molecule is [C-]#[N+]c1ccc2c3c1ccc1cc(-c4ccc(-c5c6ccccc6c(-c6cc7ccc8c(C#N)ccc9c8c7c(c6)n9-c6ccccc6)c6ccccc56)c5ccccc45)cc(c13)n2-c1ccccc1. The lowest BCUT2D eigenvalue weighted by Crippen LogP contribution is -1.95. The third-order valence-corrected chi connectivity index (χ3v) is 15.0. The molecule has 0 fully saturated rings. The summed E-state index contributed by atoms with van der Waals surface area (Å²) >= 11 is 0. The van der Waals surface area contributed by atoms with Gasteiger partial charge in [-0.1, -0.05) is 152 Å². The van der Waals surface area contributed by atoms with Gasteiger partial charge in [0.25, 0.3) is 0 Å². The summed E-state index contributed by atoms with van der Waals surface area (Å²) in [4.78, 5) is 3.92. The highest BCUT2D eigenvalue weighted by molar-refractivity contribution is 6.30. The number of benzene rings is 13. The molecule has 0 aliphatic heterocycles. The van der Waals surface area contributed by atoms with Crippen LogP contribution in [-0.2, 0) is 0 Å². The van der Waals surface area contributed by atoms with Crippen LogP contribution in [0.3, 0.4) is 0 Å². The molecule has 2 aromatic heterocycles. The zero-order valence-corrected chi connectivity index (χ0v) is 37.6. The summed E-state index contributed by atoms with van der Waals surface area (Å²) < 4.78 is 4.74. The molecule has 0 amide bonds. The van der Waals surface area contributed by atoms with Gasteiger partial charge in [-0.15, -0.1) is 0 Å². The van der Waals surface area contributed by atoms with Crippen molar-refractivity contribution in [3.05, 3.63) is 235 Å². The van der Waals surface area contributed by atoms with Gasteiger partial charge < -0.3 is 9.13 Å². The van der Waals surface area contributed by atoms with Crippen molar-refractivity contribution in [1.29, 1.82) is 5.26 Å². The largest absolute Gasteiger partial charge is 0.309 e. The second-order valence-corrected chi connectivity index (χ2v) is 18.5. The molecule has 0 saturated carbocycles. The Kier molecular flexibility index (Phi) is 7.88. The topological polar surface area (TPSA) is 38.0 Å². The molecular formula is C66H36N4.